The highest BCUT2D eigenvalue weighted by Crippen LogP contribution is 2.15. The first kappa shape index (κ1) is 18.4. The Balaban J connectivity index is 1.77. The Kier molecular flexibility index (Phi) is 6.46. The highest BCUT2D eigenvalue weighted by Gasteiger charge is 2.13. The lowest BCUT2D eigenvalue weighted by molar-refractivity contribution is -0.122. The second-order valence-electron chi connectivity index (χ2n) is 5.78. The number of rotatable bonds is 8. The standard InChI is InChI=1S/C20H21NO4/c1-14-3-5-15(6-4-14)19(23)13-17(22)9-12-20(24)21-16-7-10-18(25-2)11-8-16/h3-8,10-11H,9,12-13H2,1-2H3,(H,21,24). The summed E-state index contributed by atoms with van der Waals surface area (Å²) in [6.07, 6.45) is -0.0928. The molecule has 0 spiro atoms. The molecule has 2 aromatic carbocycles. The molecule has 2 aromatic rings. The number of carbonyl (C=O) groups excluding carboxylic acids is 3. The molecule has 0 radical (unpaired) electrons. The largest absolute Gasteiger partial charge is 0.497 e. The first-order valence-corrected chi connectivity index (χ1v) is 8.03. The van der Waals surface area contributed by atoms with Crippen molar-refractivity contribution in [2.24, 2.45) is 0 Å². The molecule has 0 atom stereocenters. The number of methoxy groups -OCH3 is 1. The Labute approximate surface area is 147 Å². The number of anilines is 1. The van der Waals surface area contributed by atoms with Gasteiger partial charge in [0.25, 0.3) is 0 Å². The van der Waals surface area contributed by atoms with Gasteiger partial charge in [0, 0.05) is 24.1 Å². The first-order chi connectivity index (χ1) is 12.0. The summed E-state index contributed by atoms with van der Waals surface area (Å²) in [7, 11) is 1.57. The van der Waals surface area contributed by atoms with Crippen LogP contribution in [0.3, 0.4) is 0 Å². The fraction of sp³-hybridized carbons (Fsp3) is 0.250. The second-order valence-corrected chi connectivity index (χ2v) is 5.78. The third-order valence-electron chi connectivity index (χ3n) is 3.74. The lowest BCUT2D eigenvalue weighted by Gasteiger charge is -2.06. The zero-order valence-electron chi connectivity index (χ0n) is 14.4. The number of benzene rings is 2. The predicted molar refractivity (Wildman–Crippen MR) is 96.0 cm³/mol. The molecule has 0 aromatic heterocycles. The van der Waals surface area contributed by atoms with Crippen LogP contribution in [0.15, 0.2) is 48.5 Å². The van der Waals surface area contributed by atoms with Gasteiger partial charge in [-0.2, -0.15) is 0 Å². The van der Waals surface area contributed by atoms with Gasteiger partial charge in [-0.25, -0.2) is 0 Å². The van der Waals surface area contributed by atoms with E-state index in [9.17, 15) is 14.4 Å². The Morgan fingerprint density at radius 1 is 0.920 bits per heavy atom. The molecule has 25 heavy (non-hydrogen) atoms. The van der Waals surface area contributed by atoms with Crippen molar-refractivity contribution in [1.29, 1.82) is 0 Å². The van der Waals surface area contributed by atoms with Crippen LogP contribution in [-0.2, 0) is 9.59 Å². The topological polar surface area (TPSA) is 72.5 Å². The van der Waals surface area contributed by atoms with Crippen molar-refractivity contribution >= 4 is 23.2 Å². The quantitative estimate of drug-likeness (QED) is 0.589. The highest BCUT2D eigenvalue weighted by molar-refractivity contribution is 6.08. The van der Waals surface area contributed by atoms with Crippen molar-refractivity contribution in [2.75, 3.05) is 12.4 Å². The van der Waals surface area contributed by atoms with Crippen molar-refractivity contribution in [3.8, 4) is 5.75 Å². The molecule has 5 heteroatoms. The molecule has 1 amide bonds. The zero-order chi connectivity index (χ0) is 18.2. The van der Waals surface area contributed by atoms with Crippen LogP contribution < -0.4 is 10.1 Å². The van der Waals surface area contributed by atoms with Gasteiger partial charge < -0.3 is 10.1 Å². The van der Waals surface area contributed by atoms with E-state index in [1.54, 1.807) is 43.5 Å². The highest BCUT2D eigenvalue weighted by atomic mass is 16.5. The average Bonchev–Trinajstić information content (AvgIpc) is 2.61. The summed E-state index contributed by atoms with van der Waals surface area (Å²) in [6.45, 7) is 1.93. The molecule has 0 fully saturated rings. The summed E-state index contributed by atoms with van der Waals surface area (Å²) < 4.78 is 5.04. The number of carbonyl (C=O) groups is 3. The van der Waals surface area contributed by atoms with Crippen LogP contribution >= 0.6 is 0 Å². The van der Waals surface area contributed by atoms with Crippen LogP contribution in [0.1, 0.15) is 35.2 Å². The number of hydrogen-bond donors (Lipinski definition) is 1. The van der Waals surface area contributed by atoms with Crippen LogP contribution in [-0.4, -0.2) is 24.6 Å². The molecule has 0 heterocycles. The van der Waals surface area contributed by atoms with Gasteiger partial charge >= 0.3 is 0 Å². The van der Waals surface area contributed by atoms with Crippen molar-refractivity contribution in [2.45, 2.75) is 26.2 Å². The first-order valence-electron chi connectivity index (χ1n) is 8.03. The zero-order valence-corrected chi connectivity index (χ0v) is 14.4. The monoisotopic (exact) mass is 339 g/mol. The predicted octanol–water partition coefficient (Wildman–Crippen LogP) is 3.56. The van der Waals surface area contributed by atoms with Gasteiger partial charge in [0.2, 0.25) is 5.91 Å². The fourth-order valence-electron chi connectivity index (χ4n) is 2.26. The third-order valence-corrected chi connectivity index (χ3v) is 3.74. The maximum Gasteiger partial charge on any atom is 0.224 e. The van der Waals surface area contributed by atoms with Crippen LogP contribution in [0.25, 0.3) is 0 Å². The maximum atomic E-state index is 12.0. The van der Waals surface area contributed by atoms with Crippen molar-refractivity contribution in [3.05, 3.63) is 59.7 Å². The summed E-state index contributed by atoms with van der Waals surface area (Å²) in [5, 5.41) is 2.71. The smallest absolute Gasteiger partial charge is 0.224 e. The number of ketones is 2. The SMILES string of the molecule is COc1ccc(NC(=O)CCC(=O)CC(=O)c2ccc(C)cc2)cc1. The molecule has 0 aliphatic carbocycles. The van der Waals surface area contributed by atoms with E-state index >= 15 is 0 Å². The normalized spacial score (nSPS) is 10.2. The molecule has 130 valence electrons. The lowest BCUT2D eigenvalue weighted by Crippen LogP contribution is -2.15. The maximum absolute atomic E-state index is 12.0. The molecule has 0 aliphatic rings. The number of hydrogen-bond acceptors (Lipinski definition) is 4. The van der Waals surface area contributed by atoms with Gasteiger partial charge in [-0.15, -0.1) is 0 Å². The van der Waals surface area contributed by atoms with E-state index in [0.29, 0.717) is 17.0 Å². The van der Waals surface area contributed by atoms with E-state index < -0.39 is 0 Å². The fourth-order valence-corrected chi connectivity index (χ4v) is 2.26. The molecule has 0 bridgehead atoms. The van der Waals surface area contributed by atoms with Crippen LogP contribution in [0.4, 0.5) is 5.69 Å². The molecular weight excluding hydrogens is 318 g/mol. The lowest BCUT2D eigenvalue weighted by atomic mass is 10.0. The van der Waals surface area contributed by atoms with Gasteiger partial charge in [-0.3, -0.25) is 14.4 Å². The van der Waals surface area contributed by atoms with Gasteiger partial charge in [0.1, 0.15) is 11.5 Å². The number of ether oxygens (including phenoxy) is 1. The summed E-state index contributed by atoms with van der Waals surface area (Å²) in [5.41, 5.74) is 2.20. The van der Waals surface area contributed by atoms with E-state index in [-0.39, 0.29) is 36.7 Å². The summed E-state index contributed by atoms with van der Waals surface area (Å²) >= 11 is 0. The Morgan fingerprint density at radius 2 is 1.56 bits per heavy atom. The molecule has 0 saturated heterocycles. The molecule has 0 unspecified atom stereocenters. The molecular formula is C20H21NO4. The van der Waals surface area contributed by atoms with Gasteiger partial charge in [-0.05, 0) is 31.2 Å². The number of amides is 1. The summed E-state index contributed by atoms with van der Waals surface area (Å²) in [6, 6.07) is 14.0. The minimum Gasteiger partial charge on any atom is -0.497 e. The van der Waals surface area contributed by atoms with Crippen LogP contribution in [0.5, 0.6) is 5.75 Å². The average molecular weight is 339 g/mol. The number of aryl methyl sites for hydroxylation is 1. The number of Topliss-reactive ketones (excluding diaryl/α,β-unsaturated/α-hetero) is 2. The molecule has 2 rings (SSSR count). The van der Waals surface area contributed by atoms with Crippen molar-refractivity contribution < 1.29 is 19.1 Å². The second kappa shape index (κ2) is 8.78. The van der Waals surface area contributed by atoms with E-state index in [4.69, 9.17) is 4.74 Å². The van der Waals surface area contributed by atoms with E-state index in [2.05, 4.69) is 5.32 Å². The van der Waals surface area contributed by atoms with E-state index in [0.717, 1.165) is 5.56 Å². The molecule has 1 N–H and O–H groups in total. The van der Waals surface area contributed by atoms with Crippen molar-refractivity contribution in [3.63, 3.8) is 0 Å². The molecule has 0 saturated carbocycles. The Morgan fingerprint density at radius 3 is 2.16 bits per heavy atom. The van der Waals surface area contributed by atoms with E-state index in [1.807, 2.05) is 19.1 Å². The summed E-state index contributed by atoms with van der Waals surface area (Å²) in [5.74, 6) is -0.0277. The van der Waals surface area contributed by atoms with Crippen LogP contribution in [0, 0.1) is 6.92 Å². The van der Waals surface area contributed by atoms with Crippen LogP contribution in [0.2, 0.25) is 0 Å². The Hall–Kier alpha value is -2.95. The molecule has 0 aliphatic heterocycles. The van der Waals surface area contributed by atoms with Crippen molar-refractivity contribution in [1.82, 2.24) is 0 Å². The van der Waals surface area contributed by atoms with Gasteiger partial charge in [0.05, 0.1) is 13.5 Å². The minimum absolute atomic E-state index is 0.0413. The van der Waals surface area contributed by atoms with E-state index in [1.165, 1.54) is 0 Å². The molecule has 5 nitrogen and oxygen atoms in total. The minimum atomic E-state index is -0.263. The van der Waals surface area contributed by atoms with Gasteiger partial charge in [0.15, 0.2) is 5.78 Å². The number of nitrogens with one attached hydrogen (secondary N) is 1. The Bertz CT molecular complexity index is 748. The third kappa shape index (κ3) is 5.88. The summed E-state index contributed by atoms with van der Waals surface area (Å²) in [4.78, 5) is 35.8. The van der Waals surface area contributed by atoms with Gasteiger partial charge in [-0.1, -0.05) is 29.8 Å².